The first-order valence-corrected chi connectivity index (χ1v) is 5.39. The van der Waals surface area contributed by atoms with E-state index in [4.69, 9.17) is 11.6 Å². The van der Waals surface area contributed by atoms with Crippen molar-refractivity contribution >= 4 is 28.7 Å². The lowest BCUT2D eigenvalue weighted by Crippen LogP contribution is -2.08. The van der Waals surface area contributed by atoms with Gasteiger partial charge in [-0.05, 0) is 29.9 Å². The van der Waals surface area contributed by atoms with Gasteiger partial charge in [0.1, 0.15) is 0 Å². The Hall–Kier alpha value is -1.93. The summed E-state index contributed by atoms with van der Waals surface area (Å²) in [5, 5.41) is 0.508. The van der Waals surface area contributed by atoms with Gasteiger partial charge in [0.2, 0.25) is 0 Å². The van der Waals surface area contributed by atoms with E-state index in [1.165, 1.54) is 18.2 Å². The van der Waals surface area contributed by atoms with Crippen LogP contribution in [-0.4, -0.2) is 11.6 Å². The van der Waals surface area contributed by atoms with Gasteiger partial charge in [0.05, 0.1) is 0 Å². The zero-order valence-electron chi connectivity index (χ0n) is 8.94. The molecule has 0 bridgehead atoms. The Balaban J connectivity index is 2.43. The number of rotatable bonds is 2. The number of allylic oxidation sites excluding steroid dienone is 5. The maximum absolute atomic E-state index is 11.7. The molecular weight excluding hydrogens is 236 g/mol. The SMILES string of the molecule is C=C(C1=CC(=O)C=CC1=O)c1ccccc1Cl. The van der Waals surface area contributed by atoms with Crippen LogP contribution in [0.3, 0.4) is 0 Å². The summed E-state index contributed by atoms with van der Waals surface area (Å²) in [7, 11) is 0. The van der Waals surface area contributed by atoms with Crippen molar-refractivity contribution < 1.29 is 9.59 Å². The largest absolute Gasteiger partial charge is 0.290 e. The molecule has 1 aliphatic carbocycles. The lowest BCUT2D eigenvalue weighted by Gasteiger charge is -2.11. The van der Waals surface area contributed by atoms with Crippen molar-refractivity contribution in [3.05, 3.63) is 65.2 Å². The van der Waals surface area contributed by atoms with Gasteiger partial charge >= 0.3 is 0 Å². The van der Waals surface area contributed by atoms with Crippen LogP contribution in [0.1, 0.15) is 5.56 Å². The molecule has 2 nitrogen and oxygen atoms in total. The van der Waals surface area contributed by atoms with E-state index in [2.05, 4.69) is 6.58 Å². The van der Waals surface area contributed by atoms with E-state index < -0.39 is 0 Å². The maximum atomic E-state index is 11.7. The van der Waals surface area contributed by atoms with Crippen molar-refractivity contribution in [2.24, 2.45) is 0 Å². The zero-order valence-corrected chi connectivity index (χ0v) is 9.70. The zero-order chi connectivity index (χ0) is 12.4. The molecule has 2 rings (SSSR count). The summed E-state index contributed by atoms with van der Waals surface area (Å²) in [5.74, 6) is -0.442. The summed E-state index contributed by atoms with van der Waals surface area (Å²) < 4.78 is 0. The van der Waals surface area contributed by atoms with Crippen LogP contribution in [0, 0.1) is 0 Å². The first-order valence-electron chi connectivity index (χ1n) is 5.02. The molecule has 84 valence electrons. The van der Waals surface area contributed by atoms with Crippen LogP contribution >= 0.6 is 11.6 Å². The molecular formula is C14H9ClO2. The second kappa shape index (κ2) is 4.52. The van der Waals surface area contributed by atoms with Gasteiger partial charge in [0.25, 0.3) is 0 Å². The first kappa shape index (κ1) is 11.6. The third kappa shape index (κ3) is 2.27. The van der Waals surface area contributed by atoms with Gasteiger partial charge in [-0.25, -0.2) is 0 Å². The highest BCUT2D eigenvalue weighted by atomic mass is 35.5. The summed E-state index contributed by atoms with van der Waals surface area (Å²) in [4.78, 5) is 22.9. The molecule has 0 amide bonds. The monoisotopic (exact) mass is 244 g/mol. The van der Waals surface area contributed by atoms with Crippen LogP contribution in [0.5, 0.6) is 0 Å². The lowest BCUT2D eigenvalue weighted by molar-refractivity contribution is -0.114. The molecule has 0 aliphatic heterocycles. The van der Waals surface area contributed by atoms with E-state index in [9.17, 15) is 9.59 Å². The van der Waals surface area contributed by atoms with Crippen LogP contribution in [0.25, 0.3) is 5.57 Å². The molecule has 0 spiro atoms. The Morgan fingerprint density at radius 3 is 2.53 bits per heavy atom. The fraction of sp³-hybridized carbons (Fsp3) is 0. The first-order chi connectivity index (χ1) is 8.09. The Labute approximate surface area is 104 Å². The number of ketones is 2. The summed E-state index contributed by atoms with van der Waals surface area (Å²) >= 11 is 6.02. The molecule has 0 heterocycles. The van der Waals surface area contributed by atoms with Gasteiger partial charge in [-0.1, -0.05) is 36.4 Å². The van der Waals surface area contributed by atoms with Gasteiger partial charge in [-0.15, -0.1) is 0 Å². The molecule has 0 radical (unpaired) electrons. The molecule has 0 unspecified atom stereocenters. The Morgan fingerprint density at radius 2 is 1.82 bits per heavy atom. The number of hydrogen-bond acceptors (Lipinski definition) is 2. The predicted octanol–water partition coefficient (Wildman–Crippen LogP) is 2.99. The topological polar surface area (TPSA) is 34.1 Å². The van der Waals surface area contributed by atoms with E-state index in [1.54, 1.807) is 24.3 Å². The van der Waals surface area contributed by atoms with E-state index in [0.29, 0.717) is 21.7 Å². The lowest BCUT2D eigenvalue weighted by atomic mass is 9.92. The van der Waals surface area contributed by atoms with Crippen LogP contribution in [0.15, 0.2) is 54.6 Å². The molecule has 0 saturated carbocycles. The maximum Gasteiger partial charge on any atom is 0.186 e. The molecule has 1 aliphatic rings. The minimum Gasteiger partial charge on any atom is -0.290 e. The number of halogens is 1. The van der Waals surface area contributed by atoms with Crippen molar-refractivity contribution in [1.82, 2.24) is 0 Å². The Morgan fingerprint density at radius 1 is 1.12 bits per heavy atom. The van der Waals surface area contributed by atoms with E-state index in [0.717, 1.165) is 0 Å². The van der Waals surface area contributed by atoms with Crippen LogP contribution in [0.2, 0.25) is 5.02 Å². The van der Waals surface area contributed by atoms with Gasteiger partial charge < -0.3 is 0 Å². The Kier molecular flexibility index (Phi) is 3.07. The number of benzene rings is 1. The minimum atomic E-state index is -0.227. The fourth-order valence-corrected chi connectivity index (χ4v) is 1.85. The highest BCUT2D eigenvalue weighted by Gasteiger charge is 2.18. The van der Waals surface area contributed by atoms with E-state index >= 15 is 0 Å². The summed E-state index contributed by atoms with van der Waals surface area (Å²) in [6.45, 7) is 3.83. The summed E-state index contributed by atoms with van der Waals surface area (Å²) in [6.07, 6.45) is 3.78. The molecule has 0 N–H and O–H groups in total. The molecule has 0 fully saturated rings. The number of carbonyl (C=O) groups excluding carboxylic acids is 2. The van der Waals surface area contributed by atoms with Crippen LogP contribution in [-0.2, 0) is 9.59 Å². The van der Waals surface area contributed by atoms with E-state index in [-0.39, 0.29) is 11.6 Å². The third-order valence-corrected chi connectivity index (χ3v) is 2.80. The van der Waals surface area contributed by atoms with Gasteiger partial charge in [0.15, 0.2) is 11.6 Å². The minimum absolute atomic E-state index is 0.215. The number of carbonyl (C=O) groups is 2. The second-order valence-corrected chi connectivity index (χ2v) is 4.02. The van der Waals surface area contributed by atoms with Gasteiger partial charge in [0, 0.05) is 16.2 Å². The van der Waals surface area contributed by atoms with Gasteiger partial charge in [-0.3, -0.25) is 9.59 Å². The smallest absolute Gasteiger partial charge is 0.186 e. The second-order valence-electron chi connectivity index (χ2n) is 3.62. The predicted molar refractivity (Wildman–Crippen MR) is 67.7 cm³/mol. The van der Waals surface area contributed by atoms with Gasteiger partial charge in [-0.2, -0.15) is 0 Å². The van der Waals surface area contributed by atoms with Crippen LogP contribution in [0.4, 0.5) is 0 Å². The quantitative estimate of drug-likeness (QED) is 0.750. The molecule has 17 heavy (non-hydrogen) atoms. The summed E-state index contributed by atoms with van der Waals surface area (Å²) in [5.41, 5.74) is 1.43. The van der Waals surface area contributed by atoms with Crippen molar-refractivity contribution in [2.45, 2.75) is 0 Å². The molecule has 1 aromatic rings. The fourth-order valence-electron chi connectivity index (χ4n) is 1.60. The van der Waals surface area contributed by atoms with Crippen molar-refractivity contribution in [3.63, 3.8) is 0 Å². The van der Waals surface area contributed by atoms with Crippen molar-refractivity contribution in [2.75, 3.05) is 0 Å². The number of hydrogen-bond donors (Lipinski definition) is 0. The summed E-state index contributed by atoms with van der Waals surface area (Å²) in [6, 6.07) is 7.08. The average Bonchev–Trinajstić information content (AvgIpc) is 2.32. The molecule has 1 aromatic carbocycles. The normalized spacial score (nSPS) is 14.8. The molecule has 3 heteroatoms. The van der Waals surface area contributed by atoms with Crippen molar-refractivity contribution in [3.8, 4) is 0 Å². The average molecular weight is 245 g/mol. The highest BCUT2D eigenvalue weighted by molar-refractivity contribution is 6.33. The Bertz CT molecular complexity index is 580. The third-order valence-electron chi connectivity index (χ3n) is 2.48. The molecule has 0 atom stereocenters. The standard InChI is InChI=1S/C14H9ClO2/c1-9(11-4-2-3-5-13(11)15)12-8-10(16)6-7-14(12)17/h2-8H,1H2. The van der Waals surface area contributed by atoms with Crippen LogP contribution < -0.4 is 0 Å². The highest BCUT2D eigenvalue weighted by Crippen LogP contribution is 2.29. The van der Waals surface area contributed by atoms with E-state index in [1.807, 2.05) is 0 Å². The molecule has 0 aromatic heterocycles. The molecule has 0 saturated heterocycles. The van der Waals surface area contributed by atoms with Crippen molar-refractivity contribution in [1.29, 1.82) is 0 Å².